The molecular weight excluding hydrogens is 222 g/mol. The van der Waals surface area contributed by atoms with E-state index in [1.54, 1.807) is 0 Å². The van der Waals surface area contributed by atoms with Crippen LogP contribution in [0.4, 0.5) is 0 Å². The lowest BCUT2D eigenvalue weighted by Gasteiger charge is -2.22. The number of hydrogen-bond acceptors (Lipinski definition) is 3. The summed E-state index contributed by atoms with van der Waals surface area (Å²) in [7, 11) is 0. The summed E-state index contributed by atoms with van der Waals surface area (Å²) in [6, 6.07) is 14.6. The summed E-state index contributed by atoms with van der Waals surface area (Å²) in [4.78, 5) is 2.26. The first-order valence-electron chi connectivity index (χ1n) is 6.09. The first-order valence-corrected chi connectivity index (χ1v) is 6.09. The van der Waals surface area contributed by atoms with Crippen LogP contribution >= 0.6 is 0 Å². The highest BCUT2D eigenvalue weighted by molar-refractivity contribution is 5.18. The van der Waals surface area contributed by atoms with Crippen LogP contribution in [0.3, 0.4) is 0 Å². The van der Waals surface area contributed by atoms with E-state index in [0.717, 1.165) is 19.5 Å². The molecule has 0 radical (unpaired) electrons. The van der Waals surface area contributed by atoms with E-state index in [1.807, 2.05) is 30.3 Å². The predicted octanol–water partition coefficient (Wildman–Crippen LogP) is 2.48. The molecule has 0 N–H and O–H groups in total. The van der Waals surface area contributed by atoms with Gasteiger partial charge in [0.1, 0.15) is 0 Å². The van der Waals surface area contributed by atoms with E-state index in [4.69, 9.17) is 10.5 Å². The monoisotopic (exact) mass is 237 g/mol. The maximum absolute atomic E-state index is 9.13. The minimum absolute atomic E-state index is 0.00156. The maximum atomic E-state index is 9.13. The zero-order valence-electron chi connectivity index (χ0n) is 10.2. The van der Waals surface area contributed by atoms with Crippen molar-refractivity contribution < 1.29 is 0 Å². The van der Waals surface area contributed by atoms with Gasteiger partial charge in [-0.15, -0.1) is 0 Å². The molecule has 90 valence electrons. The van der Waals surface area contributed by atoms with Gasteiger partial charge in [-0.2, -0.15) is 10.5 Å². The molecule has 2 unspecified atom stereocenters. The van der Waals surface area contributed by atoms with Crippen LogP contribution in [0.1, 0.15) is 12.0 Å². The Hall–Kier alpha value is -2.10. The third kappa shape index (κ3) is 2.77. The molecule has 0 saturated carbocycles. The second kappa shape index (κ2) is 6.00. The number of hydrogen-bond donors (Lipinski definition) is 0. The predicted molar refractivity (Wildman–Crippen MR) is 69.1 cm³/mol. The molecule has 1 heterocycles. The number of rotatable bonds is 3. The molecule has 3 nitrogen and oxygen atoms in total. The molecule has 1 saturated heterocycles. The summed E-state index contributed by atoms with van der Waals surface area (Å²) in [5.74, 6) is -0.00156. The summed E-state index contributed by atoms with van der Waals surface area (Å²) in [6.45, 7) is 1.74. The van der Waals surface area contributed by atoms with E-state index in [0.29, 0.717) is 0 Å². The minimum Gasteiger partial charge on any atom is -0.291 e. The van der Waals surface area contributed by atoms with Crippen LogP contribution in [0, 0.1) is 28.6 Å². The first-order chi connectivity index (χ1) is 8.85. The second-order valence-electron chi connectivity index (χ2n) is 4.46. The molecule has 0 bridgehead atoms. The van der Waals surface area contributed by atoms with Crippen LogP contribution in [0.25, 0.3) is 0 Å². The fourth-order valence-corrected chi connectivity index (χ4v) is 2.42. The Balaban J connectivity index is 2.10. The van der Waals surface area contributed by atoms with Gasteiger partial charge in [-0.05, 0) is 12.0 Å². The Morgan fingerprint density at radius 2 is 2.06 bits per heavy atom. The Labute approximate surface area is 108 Å². The molecular formula is C15H15N3. The van der Waals surface area contributed by atoms with Crippen molar-refractivity contribution in [3.8, 4) is 12.1 Å². The number of allylic oxidation sites excluding steroid dienone is 1. The van der Waals surface area contributed by atoms with Gasteiger partial charge in [0.25, 0.3) is 0 Å². The molecule has 18 heavy (non-hydrogen) atoms. The molecule has 0 aromatic heterocycles. The molecule has 3 heteroatoms. The number of benzene rings is 1. The fourth-order valence-electron chi connectivity index (χ4n) is 2.42. The normalized spacial score (nSPS) is 23.9. The standard InChI is InChI=1S/C15H15N3/c16-9-4-7-15-14(11-17)8-10-18(15)12-13-5-2-1-3-6-13/h1-7,14-15H,8,10,12H2/b7-4-. The van der Waals surface area contributed by atoms with Gasteiger partial charge in [0.15, 0.2) is 0 Å². The zero-order chi connectivity index (χ0) is 12.8. The smallest absolute Gasteiger partial charge is 0.0909 e. The number of nitriles is 2. The van der Waals surface area contributed by atoms with Crippen LogP contribution in [-0.4, -0.2) is 17.5 Å². The van der Waals surface area contributed by atoms with Crippen molar-refractivity contribution in [1.29, 1.82) is 10.5 Å². The lowest BCUT2D eigenvalue weighted by Crippen LogP contribution is -2.30. The molecule has 1 aromatic rings. The van der Waals surface area contributed by atoms with Gasteiger partial charge in [0.2, 0.25) is 0 Å². The van der Waals surface area contributed by atoms with E-state index in [2.05, 4.69) is 23.1 Å². The van der Waals surface area contributed by atoms with Gasteiger partial charge in [0, 0.05) is 25.2 Å². The molecule has 0 aliphatic carbocycles. The van der Waals surface area contributed by atoms with Crippen molar-refractivity contribution in [3.05, 3.63) is 48.0 Å². The first kappa shape index (κ1) is 12.4. The van der Waals surface area contributed by atoms with E-state index >= 15 is 0 Å². The van der Waals surface area contributed by atoms with E-state index in [1.165, 1.54) is 11.6 Å². The molecule has 2 rings (SSSR count). The molecule has 0 spiro atoms. The summed E-state index contributed by atoms with van der Waals surface area (Å²) < 4.78 is 0. The van der Waals surface area contributed by atoms with Gasteiger partial charge in [-0.3, -0.25) is 4.90 Å². The van der Waals surface area contributed by atoms with Crippen LogP contribution in [0.2, 0.25) is 0 Å². The molecule has 0 amide bonds. The Morgan fingerprint density at radius 3 is 2.72 bits per heavy atom. The maximum Gasteiger partial charge on any atom is 0.0909 e. The topological polar surface area (TPSA) is 50.8 Å². The largest absolute Gasteiger partial charge is 0.291 e. The minimum atomic E-state index is -0.00156. The zero-order valence-corrected chi connectivity index (χ0v) is 10.2. The van der Waals surface area contributed by atoms with Crippen LogP contribution in [-0.2, 0) is 6.54 Å². The van der Waals surface area contributed by atoms with Crippen molar-refractivity contribution in [2.45, 2.75) is 19.0 Å². The number of nitrogens with zero attached hydrogens (tertiary/aromatic N) is 3. The lowest BCUT2D eigenvalue weighted by atomic mass is 10.0. The van der Waals surface area contributed by atoms with Crippen LogP contribution < -0.4 is 0 Å². The lowest BCUT2D eigenvalue weighted by molar-refractivity contribution is 0.270. The highest BCUT2D eigenvalue weighted by atomic mass is 15.2. The molecule has 2 atom stereocenters. The summed E-state index contributed by atoms with van der Waals surface area (Å²) in [6.07, 6.45) is 4.21. The Kier molecular flexibility index (Phi) is 4.12. The van der Waals surface area contributed by atoms with Crippen molar-refractivity contribution in [3.63, 3.8) is 0 Å². The average Bonchev–Trinajstić information content (AvgIpc) is 2.79. The van der Waals surface area contributed by atoms with E-state index in [9.17, 15) is 0 Å². The van der Waals surface area contributed by atoms with Crippen molar-refractivity contribution >= 4 is 0 Å². The molecule has 1 aromatic carbocycles. The third-order valence-electron chi connectivity index (χ3n) is 3.32. The average molecular weight is 237 g/mol. The highest BCUT2D eigenvalue weighted by Crippen LogP contribution is 2.26. The second-order valence-corrected chi connectivity index (χ2v) is 4.46. The molecule has 1 aliphatic heterocycles. The molecule has 1 aliphatic rings. The van der Waals surface area contributed by atoms with Gasteiger partial charge in [-0.1, -0.05) is 36.4 Å². The summed E-state index contributed by atoms with van der Waals surface area (Å²) >= 11 is 0. The SMILES string of the molecule is N#C/C=C\C1C(C#N)CCN1Cc1ccccc1. The highest BCUT2D eigenvalue weighted by Gasteiger charge is 2.32. The van der Waals surface area contributed by atoms with E-state index in [-0.39, 0.29) is 12.0 Å². The van der Waals surface area contributed by atoms with Gasteiger partial charge in [-0.25, -0.2) is 0 Å². The third-order valence-corrected chi connectivity index (χ3v) is 3.32. The Morgan fingerprint density at radius 1 is 1.28 bits per heavy atom. The van der Waals surface area contributed by atoms with Gasteiger partial charge >= 0.3 is 0 Å². The van der Waals surface area contributed by atoms with Gasteiger partial charge < -0.3 is 0 Å². The quantitative estimate of drug-likeness (QED) is 0.759. The summed E-state index contributed by atoms with van der Waals surface area (Å²) in [5, 5.41) is 17.7. The van der Waals surface area contributed by atoms with Crippen molar-refractivity contribution in [1.82, 2.24) is 4.90 Å². The molecule has 1 fully saturated rings. The van der Waals surface area contributed by atoms with Crippen LogP contribution in [0.5, 0.6) is 0 Å². The number of likely N-dealkylation sites (tertiary alicyclic amines) is 1. The van der Waals surface area contributed by atoms with Crippen molar-refractivity contribution in [2.24, 2.45) is 5.92 Å². The fraction of sp³-hybridized carbons (Fsp3) is 0.333. The van der Waals surface area contributed by atoms with Crippen molar-refractivity contribution in [2.75, 3.05) is 6.54 Å². The summed E-state index contributed by atoms with van der Waals surface area (Å²) in [5.41, 5.74) is 1.24. The van der Waals surface area contributed by atoms with Gasteiger partial charge in [0.05, 0.1) is 18.1 Å². The van der Waals surface area contributed by atoms with E-state index < -0.39 is 0 Å². The Bertz CT molecular complexity index is 493. The van der Waals surface area contributed by atoms with Crippen LogP contribution in [0.15, 0.2) is 42.5 Å².